The van der Waals surface area contributed by atoms with Gasteiger partial charge < -0.3 is 0 Å². The molecule has 1 aromatic heterocycles. The van der Waals surface area contributed by atoms with Crippen LogP contribution >= 0.6 is 0 Å². The minimum atomic E-state index is -1.72. The van der Waals surface area contributed by atoms with E-state index < -0.39 is 51.9 Å². The van der Waals surface area contributed by atoms with E-state index in [0.717, 1.165) is 42.7 Å². The van der Waals surface area contributed by atoms with E-state index in [0.29, 0.717) is 18.2 Å². The highest BCUT2D eigenvalue weighted by Gasteiger charge is 2.19. The fourth-order valence-corrected chi connectivity index (χ4v) is 3.60. The van der Waals surface area contributed by atoms with Crippen LogP contribution in [0.1, 0.15) is 30.0 Å². The van der Waals surface area contributed by atoms with Gasteiger partial charge in [0.15, 0.2) is 34.9 Å². The number of nitrogens with zero attached hydrogens (tertiary/aromatic N) is 2. The first-order chi connectivity index (χ1) is 17.2. The minimum Gasteiger partial charge on any atom is -0.236 e. The van der Waals surface area contributed by atoms with Gasteiger partial charge in [0.05, 0.1) is 0 Å². The SMILES string of the molecule is CCCc1cnc(-c2ccc(/C(F)=C(\F)c3ccc(-c4cc(F)c(F)c(F)c4)c(F)c3)c(F)c2)nc1. The van der Waals surface area contributed by atoms with Crippen molar-refractivity contribution in [2.75, 3.05) is 0 Å². The lowest BCUT2D eigenvalue weighted by Crippen LogP contribution is -1.96. The topological polar surface area (TPSA) is 25.8 Å². The Morgan fingerprint density at radius 2 is 1.33 bits per heavy atom. The van der Waals surface area contributed by atoms with E-state index in [-0.39, 0.29) is 22.5 Å². The zero-order valence-corrected chi connectivity index (χ0v) is 18.7. The average molecular weight is 502 g/mol. The summed E-state index contributed by atoms with van der Waals surface area (Å²) >= 11 is 0. The van der Waals surface area contributed by atoms with Gasteiger partial charge in [-0.15, -0.1) is 0 Å². The fraction of sp³-hybridized carbons (Fsp3) is 0.111. The van der Waals surface area contributed by atoms with Crippen molar-refractivity contribution in [3.8, 4) is 22.5 Å². The molecule has 0 fully saturated rings. The Balaban J connectivity index is 1.64. The molecule has 3 aromatic carbocycles. The number of aryl methyl sites for hydroxylation is 1. The van der Waals surface area contributed by atoms with Gasteiger partial charge in [-0.2, -0.15) is 0 Å². The predicted octanol–water partition coefficient (Wildman–Crippen LogP) is 8.22. The van der Waals surface area contributed by atoms with Gasteiger partial charge in [0.2, 0.25) is 0 Å². The van der Waals surface area contributed by atoms with Gasteiger partial charge in [-0.05, 0) is 47.9 Å². The van der Waals surface area contributed by atoms with E-state index in [2.05, 4.69) is 9.97 Å². The van der Waals surface area contributed by atoms with Gasteiger partial charge in [-0.1, -0.05) is 31.5 Å². The van der Waals surface area contributed by atoms with Gasteiger partial charge in [0.25, 0.3) is 0 Å². The normalized spacial score (nSPS) is 12.0. The second-order valence-corrected chi connectivity index (χ2v) is 7.94. The molecule has 0 unspecified atom stereocenters. The van der Waals surface area contributed by atoms with Gasteiger partial charge in [-0.3, -0.25) is 0 Å². The molecule has 4 aromatic rings. The van der Waals surface area contributed by atoms with Crippen LogP contribution in [0.4, 0.5) is 30.7 Å². The molecule has 0 aliphatic carbocycles. The van der Waals surface area contributed by atoms with Crippen molar-refractivity contribution >= 4 is 11.7 Å². The molecule has 0 aliphatic rings. The Morgan fingerprint density at radius 3 is 1.92 bits per heavy atom. The summed E-state index contributed by atoms with van der Waals surface area (Å²) in [5.74, 6) is -9.96. The van der Waals surface area contributed by atoms with Gasteiger partial charge in [0.1, 0.15) is 11.6 Å². The summed E-state index contributed by atoms with van der Waals surface area (Å²) in [7, 11) is 0. The maximum atomic E-state index is 14.8. The number of hydrogen-bond acceptors (Lipinski definition) is 2. The molecule has 0 saturated heterocycles. The Bertz CT molecular complexity index is 1440. The highest BCUT2D eigenvalue weighted by atomic mass is 19.2. The van der Waals surface area contributed by atoms with Crippen LogP contribution in [0.2, 0.25) is 0 Å². The summed E-state index contributed by atoms with van der Waals surface area (Å²) in [6, 6.07) is 6.91. The lowest BCUT2D eigenvalue weighted by molar-refractivity contribution is 0.447. The zero-order chi connectivity index (χ0) is 26.0. The van der Waals surface area contributed by atoms with Crippen molar-refractivity contribution in [2.45, 2.75) is 19.8 Å². The zero-order valence-electron chi connectivity index (χ0n) is 18.7. The van der Waals surface area contributed by atoms with E-state index in [1.54, 1.807) is 12.4 Å². The second-order valence-electron chi connectivity index (χ2n) is 7.94. The molecule has 4 rings (SSSR count). The molecule has 9 heteroatoms. The number of hydrogen-bond donors (Lipinski definition) is 0. The number of rotatable bonds is 6. The van der Waals surface area contributed by atoms with E-state index in [9.17, 15) is 30.7 Å². The standard InChI is InChI=1S/C27H17F7N2/c1-2-3-14-12-35-27(36-13-14)16-5-7-19(21(29)9-16)25(33)24(32)15-4-6-18(20(28)8-15)17-10-22(30)26(34)23(31)11-17/h4-13H,2-3H2,1H3/b25-24+. The molecule has 0 amide bonds. The third kappa shape index (κ3) is 5.00. The summed E-state index contributed by atoms with van der Waals surface area (Å²) in [6.07, 6.45) is 4.89. The molecular formula is C27H17F7N2. The summed E-state index contributed by atoms with van der Waals surface area (Å²) in [6.45, 7) is 2.00. The summed E-state index contributed by atoms with van der Waals surface area (Å²) < 4.78 is 99.0. The lowest BCUT2D eigenvalue weighted by atomic mass is 10.0. The fourth-order valence-electron chi connectivity index (χ4n) is 3.60. The maximum Gasteiger partial charge on any atom is 0.194 e. The van der Waals surface area contributed by atoms with Crippen molar-refractivity contribution in [1.82, 2.24) is 9.97 Å². The Labute approximate surface area is 201 Å². The van der Waals surface area contributed by atoms with Crippen molar-refractivity contribution < 1.29 is 30.7 Å². The second kappa shape index (κ2) is 10.3. The lowest BCUT2D eigenvalue weighted by Gasteiger charge is -2.09. The van der Waals surface area contributed by atoms with Crippen molar-refractivity contribution in [3.63, 3.8) is 0 Å². The third-order valence-corrected chi connectivity index (χ3v) is 5.42. The summed E-state index contributed by atoms with van der Waals surface area (Å²) in [4.78, 5) is 8.31. The number of benzene rings is 3. The summed E-state index contributed by atoms with van der Waals surface area (Å²) in [5.41, 5.74) is -0.831. The molecule has 0 bridgehead atoms. The molecular weight excluding hydrogens is 485 g/mol. The van der Waals surface area contributed by atoms with Crippen molar-refractivity contribution in [2.24, 2.45) is 0 Å². The first-order valence-electron chi connectivity index (χ1n) is 10.8. The molecule has 0 N–H and O–H groups in total. The van der Waals surface area contributed by atoms with Crippen LogP contribution < -0.4 is 0 Å². The molecule has 0 aliphatic heterocycles. The van der Waals surface area contributed by atoms with Crippen molar-refractivity contribution in [3.05, 3.63) is 107 Å². The molecule has 0 spiro atoms. The highest BCUT2D eigenvalue weighted by Crippen LogP contribution is 2.34. The monoisotopic (exact) mass is 502 g/mol. The van der Waals surface area contributed by atoms with E-state index in [1.165, 1.54) is 6.07 Å². The van der Waals surface area contributed by atoms with E-state index >= 15 is 0 Å². The third-order valence-electron chi connectivity index (χ3n) is 5.42. The van der Waals surface area contributed by atoms with Gasteiger partial charge in [-0.25, -0.2) is 40.7 Å². The van der Waals surface area contributed by atoms with Crippen LogP contribution in [0.15, 0.2) is 60.9 Å². The van der Waals surface area contributed by atoms with Crippen LogP contribution in [0.3, 0.4) is 0 Å². The maximum absolute atomic E-state index is 14.8. The van der Waals surface area contributed by atoms with Crippen LogP contribution in [-0.4, -0.2) is 9.97 Å². The Morgan fingerprint density at radius 1 is 0.694 bits per heavy atom. The number of aromatic nitrogens is 2. The van der Waals surface area contributed by atoms with Crippen LogP contribution in [0, 0.1) is 29.1 Å². The van der Waals surface area contributed by atoms with Crippen molar-refractivity contribution in [1.29, 1.82) is 0 Å². The summed E-state index contributed by atoms with van der Waals surface area (Å²) in [5, 5.41) is 0. The number of halogens is 7. The molecule has 0 atom stereocenters. The van der Waals surface area contributed by atoms with Crippen LogP contribution in [-0.2, 0) is 6.42 Å². The first-order valence-corrected chi connectivity index (χ1v) is 10.8. The largest absolute Gasteiger partial charge is 0.236 e. The Hall–Kier alpha value is -4.01. The average Bonchev–Trinajstić information content (AvgIpc) is 2.86. The molecule has 0 radical (unpaired) electrons. The molecule has 2 nitrogen and oxygen atoms in total. The predicted molar refractivity (Wildman–Crippen MR) is 122 cm³/mol. The van der Waals surface area contributed by atoms with Gasteiger partial charge in [0, 0.05) is 34.6 Å². The Kier molecular flexibility index (Phi) is 7.19. The first kappa shape index (κ1) is 25.1. The highest BCUT2D eigenvalue weighted by molar-refractivity contribution is 5.84. The van der Waals surface area contributed by atoms with Gasteiger partial charge >= 0.3 is 0 Å². The molecule has 0 saturated carbocycles. The molecule has 36 heavy (non-hydrogen) atoms. The quantitative estimate of drug-likeness (QED) is 0.151. The van der Waals surface area contributed by atoms with E-state index in [1.807, 2.05) is 6.92 Å². The van der Waals surface area contributed by atoms with Crippen LogP contribution in [0.5, 0.6) is 0 Å². The minimum absolute atomic E-state index is 0.205. The van der Waals surface area contributed by atoms with Crippen LogP contribution in [0.25, 0.3) is 34.2 Å². The molecule has 184 valence electrons. The molecule has 1 heterocycles. The smallest absolute Gasteiger partial charge is 0.194 e. The van der Waals surface area contributed by atoms with E-state index in [4.69, 9.17) is 0 Å².